The third-order valence-corrected chi connectivity index (χ3v) is 3.27. The number of carbonyl (C=O) groups is 1. The lowest BCUT2D eigenvalue weighted by Gasteiger charge is -2.08. The van der Waals surface area contributed by atoms with E-state index in [1.165, 1.54) is 12.1 Å². The van der Waals surface area contributed by atoms with Gasteiger partial charge in [0.25, 0.3) is 11.6 Å². The molecule has 0 fully saturated rings. The number of rotatable bonds is 6. The highest BCUT2D eigenvalue weighted by atomic mass is 35.5. The number of hydrogen-bond acceptors (Lipinski definition) is 6. The number of nitrogens with one attached hydrogen (secondary N) is 2. The number of anilines is 1. The van der Waals surface area contributed by atoms with Gasteiger partial charge in [-0.05, 0) is 24.3 Å². The normalized spacial score (nSPS) is 9.83. The fourth-order valence-electron chi connectivity index (χ4n) is 1.94. The van der Waals surface area contributed by atoms with Crippen LogP contribution in [-0.2, 0) is 0 Å². The Morgan fingerprint density at radius 1 is 1.38 bits per heavy atom. The summed E-state index contributed by atoms with van der Waals surface area (Å²) in [7, 11) is 0. The summed E-state index contributed by atoms with van der Waals surface area (Å²) in [4.78, 5) is 26.4. The first-order valence-corrected chi connectivity index (χ1v) is 7.22. The van der Waals surface area contributed by atoms with Gasteiger partial charge in [0.05, 0.1) is 10.5 Å². The van der Waals surface area contributed by atoms with Crippen LogP contribution in [0, 0.1) is 21.4 Å². The van der Waals surface area contributed by atoms with Crippen LogP contribution in [0.4, 0.5) is 11.5 Å². The van der Waals surface area contributed by atoms with Crippen molar-refractivity contribution in [2.24, 2.45) is 0 Å². The van der Waals surface area contributed by atoms with Crippen molar-refractivity contribution in [3.8, 4) is 6.07 Å². The van der Waals surface area contributed by atoms with Gasteiger partial charge in [0.15, 0.2) is 0 Å². The van der Waals surface area contributed by atoms with Crippen LogP contribution in [0.15, 0.2) is 36.5 Å². The predicted molar refractivity (Wildman–Crippen MR) is 87.9 cm³/mol. The van der Waals surface area contributed by atoms with Gasteiger partial charge < -0.3 is 10.6 Å². The average molecular weight is 346 g/mol. The second kappa shape index (κ2) is 7.89. The third-order valence-electron chi connectivity index (χ3n) is 3.03. The Kier molecular flexibility index (Phi) is 5.65. The van der Waals surface area contributed by atoms with Crippen LogP contribution in [0.1, 0.15) is 15.9 Å². The number of nitrogens with zero attached hydrogens (tertiary/aromatic N) is 3. The van der Waals surface area contributed by atoms with E-state index in [2.05, 4.69) is 15.6 Å². The monoisotopic (exact) mass is 345 g/mol. The largest absolute Gasteiger partial charge is 0.367 e. The fraction of sp³-hybridized carbons (Fsp3) is 0.133. The number of benzene rings is 1. The second-order valence-corrected chi connectivity index (χ2v) is 5.05. The molecule has 0 unspecified atom stereocenters. The van der Waals surface area contributed by atoms with Gasteiger partial charge in [0, 0.05) is 30.4 Å². The number of nitro groups is 1. The smallest absolute Gasteiger partial charge is 0.283 e. The molecule has 122 valence electrons. The molecule has 0 atom stereocenters. The molecule has 0 bridgehead atoms. The molecule has 1 amide bonds. The van der Waals surface area contributed by atoms with Crippen LogP contribution >= 0.6 is 11.6 Å². The van der Waals surface area contributed by atoms with Gasteiger partial charge >= 0.3 is 0 Å². The van der Waals surface area contributed by atoms with Gasteiger partial charge in [-0.2, -0.15) is 5.26 Å². The van der Waals surface area contributed by atoms with Crippen molar-refractivity contribution in [2.45, 2.75) is 0 Å². The first-order valence-electron chi connectivity index (χ1n) is 6.84. The number of carbonyl (C=O) groups excluding carboxylic acids is 1. The standard InChI is InChI=1S/C15H12ClN5O3/c16-11-3-4-12(13(8-11)21(23)24)15(22)20-7-6-19-14-10(9-17)2-1-5-18-14/h1-5,8H,6-7H2,(H,18,19)(H,20,22). The van der Waals surface area contributed by atoms with Gasteiger partial charge in [0.1, 0.15) is 17.5 Å². The number of pyridine rings is 1. The Bertz CT molecular complexity index is 819. The molecule has 2 N–H and O–H groups in total. The van der Waals surface area contributed by atoms with Crippen molar-refractivity contribution in [1.82, 2.24) is 10.3 Å². The first-order chi connectivity index (χ1) is 11.5. The van der Waals surface area contributed by atoms with E-state index >= 15 is 0 Å². The number of halogens is 1. The van der Waals surface area contributed by atoms with Gasteiger partial charge in [0.2, 0.25) is 0 Å². The molecule has 24 heavy (non-hydrogen) atoms. The number of amides is 1. The summed E-state index contributed by atoms with van der Waals surface area (Å²) in [6.07, 6.45) is 1.54. The molecule has 0 aliphatic heterocycles. The zero-order chi connectivity index (χ0) is 17.5. The highest BCUT2D eigenvalue weighted by molar-refractivity contribution is 6.31. The third kappa shape index (κ3) is 4.18. The van der Waals surface area contributed by atoms with Crippen molar-refractivity contribution in [3.05, 3.63) is 62.8 Å². The molecule has 2 rings (SSSR count). The minimum absolute atomic E-state index is 0.0695. The number of hydrogen-bond donors (Lipinski definition) is 2. The second-order valence-electron chi connectivity index (χ2n) is 4.61. The van der Waals surface area contributed by atoms with E-state index in [-0.39, 0.29) is 22.8 Å². The molecule has 0 spiro atoms. The molecular formula is C15H12ClN5O3. The maximum absolute atomic E-state index is 12.1. The summed E-state index contributed by atoms with van der Waals surface area (Å²) in [6, 6.07) is 9.10. The Morgan fingerprint density at radius 2 is 2.17 bits per heavy atom. The minimum atomic E-state index is -0.661. The van der Waals surface area contributed by atoms with E-state index in [1.54, 1.807) is 18.3 Å². The Labute approximate surface area is 142 Å². The maximum Gasteiger partial charge on any atom is 0.283 e. The summed E-state index contributed by atoms with van der Waals surface area (Å²) in [6.45, 7) is 0.499. The molecule has 9 heteroatoms. The predicted octanol–water partition coefficient (Wildman–Crippen LogP) is 2.36. The highest BCUT2D eigenvalue weighted by Gasteiger charge is 2.20. The average Bonchev–Trinajstić information content (AvgIpc) is 2.58. The van der Waals surface area contributed by atoms with Crippen LogP contribution in [0.25, 0.3) is 0 Å². The Hall–Kier alpha value is -3.18. The van der Waals surface area contributed by atoms with E-state index in [4.69, 9.17) is 16.9 Å². The molecule has 0 saturated heterocycles. The summed E-state index contributed by atoms with van der Waals surface area (Å²) in [5.41, 5.74) is -0.0402. The van der Waals surface area contributed by atoms with E-state index in [1.807, 2.05) is 6.07 Å². The highest BCUT2D eigenvalue weighted by Crippen LogP contribution is 2.23. The SMILES string of the molecule is N#Cc1cccnc1NCCNC(=O)c1ccc(Cl)cc1[N+](=O)[O-]. The first kappa shape index (κ1) is 17.2. The molecule has 1 aromatic carbocycles. The fourth-order valence-corrected chi connectivity index (χ4v) is 2.10. The van der Waals surface area contributed by atoms with Gasteiger partial charge in [-0.25, -0.2) is 4.98 Å². The van der Waals surface area contributed by atoms with E-state index < -0.39 is 10.8 Å². The topological polar surface area (TPSA) is 121 Å². The zero-order valence-electron chi connectivity index (χ0n) is 12.3. The Balaban J connectivity index is 1.95. The maximum atomic E-state index is 12.1. The van der Waals surface area contributed by atoms with Gasteiger partial charge in [-0.15, -0.1) is 0 Å². The van der Waals surface area contributed by atoms with E-state index in [0.29, 0.717) is 17.9 Å². The van der Waals surface area contributed by atoms with Crippen molar-refractivity contribution in [1.29, 1.82) is 5.26 Å². The summed E-state index contributed by atoms with van der Waals surface area (Å²) in [5, 5.41) is 25.6. The van der Waals surface area contributed by atoms with Gasteiger partial charge in [-0.1, -0.05) is 11.6 Å². The van der Waals surface area contributed by atoms with Crippen molar-refractivity contribution in [3.63, 3.8) is 0 Å². The number of nitriles is 1. The molecule has 0 radical (unpaired) electrons. The lowest BCUT2D eigenvalue weighted by atomic mass is 10.1. The molecule has 0 saturated carbocycles. The number of aromatic nitrogens is 1. The molecule has 1 aromatic heterocycles. The minimum Gasteiger partial charge on any atom is -0.367 e. The van der Waals surface area contributed by atoms with Crippen LogP contribution in [0.3, 0.4) is 0 Å². The summed E-state index contributed by atoms with van der Waals surface area (Å²) >= 11 is 5.71. The molecule has 0 aliphatic carbocycles. The zero-order valence-corrected chi connectivity index (χ0v) is 13.1. The van der Waals surface area contributed by atoms with Crippen LogP contribution in [0.5, 0.6) is 0 Å². The van der Waals surface area contributed by atoms with Crippen molar-refractivity contribution >= 4 is 29.0 Å². The molecule has 8 nitrogen and oxygen atoms in total. The number of nitro benzene ring substituents is 1. The molecule has 0 aliphatic rings. The van der Waals surface area contributed by atoms with E-state index in [9.17, 15) is 14.9 Å². The lowest BCUT2D eigenvalue weighted by Crippen LogP contribution is -2.29. The van der Waals surface area contributed by atoms with Crippen molar-refractivity contribution < 1.29 is 9.72 Å². The summed E-state index contributed by atoms with van der Waals surface area (Å²) < 4.78 is 0. The summed E-state index contributed by atoms with van der Waals surface area (Å²) in [5.74, 6) is -0.173. The molecule has 2 aromatic rings. The van der Waals surface area contributed by atoms with Crippen molar-refractivity contribution in [2.75, 3.05) is 18.4 Å². The van der Waals surface area contributed by atoms with Crippen LogP contribution in [-0.4, -0.2) is 28.9 Å². The Morgan fingerprint density at radius 3 is 2.88 bits per heavy atom. The van der Waals surface area contributed by atoms with Gasteiger partial charge in [-0.3, -0.25) is 14.9 Å². The van der Waals surface area contributed by atoms with E-state index in [0.717, 1.165) is 6.07 Å². The van der Waals surface area contributed by atoms with Crippen LogP contribution in [0.2, 0.25) is 5.02 Å². The molecule has 1 heterocycles. The lowest BCUT2D eigenvalue weighted by molar-refractivity contribution is -0.385. The van der Waals surface area contributed by atoms with Crippen LogP contribution < -0.4 is 10.6 Å². The molecular weight excluding hydrogens is 334 g/mol. The quantitative estimate of drug-likeness (QED) is 0.471.